The van der Waals surface area contributed by atoms with Crippen molar-refractivity contribution in [2.75, 3.05) is 0 Å². The minimum absolute atomic E-state index is 0.0401. The number of aromatic nitrogens is 1. The number of para-hydroxylation sites is 1. The summed E-state index contributed by atoms with van der Waals surface area (Å²) >= 11 is 1.23. The Bertz CT molecular complexity index is 1190. The minimum atomic E-state index is -1.27. The van der Waals surface area contributed by atoms with Crippen LogP contribution in [-0.2, 0) is 11.8 Å². The van der Waals surface area contributed by atoms with Gasteiger partial charge in [-0.2, -0.15) is 0 Å². The van der Waals surface area contributed by atoms with E-state index in [9.17, 15) is 14.7 Å². The fourth-order valence-corrected chi connectivity index (χ4v) is 3.99. The first kappa shape index (κ1) is 18.1. The van der Waals surface area contributed by atoms with Gasteiger partial charge >= 0.3 is 0 Å². The zero-order chi connectivity index (χ0) is 19.8. The summed E-state index contributed by atoms with van der Waals surface area (Å²) in [6, 6.07) is 14.1. The lowest BCUT2D eigenvalue weighted by Gasteiger charge is -2.02. The van der Waals surface area contributed by atoms with Crippen LogP contribution < -0.4 is 10.4 Å². The summed E-state index contributed by atoms with van der Waals surface area (Å²) in [5.41, 5.74) is 3.64. The molecular weight excluding hydrogens is 374 g/mol. The van der Waals surface area contributed by atoms with Crippen molar-refractivity contribution in [2.45, 2.75) is 6.92 Å². The fourth-order valence-electron chi connectivity index (χ4n) is 3.16. The number of amidine groups is 1. The smallest absolute Gasteiger partial charge is 0.264 e. The van der Waals surface area contributed by atoms with Crippen LogP contribution in [0.25, 0.3) is 17.0 Å². The van der Waals surface area contributed by atoms with E-state index in [1.165, 1.54) is 23.9 Å². The minimum Gasteiger partial charge on any atom is -0.545 e. The number of carbonyl (C=O) groups is 2. The summed E-state index contributed by atoms with van der Waals surface area (Å²) in [5.74, 6) is -1.50. The first-order chi connectivity index (χ1) is 13.4. The Morgan fingerprint density at radius 2 is 2.00 bits per heavy atom. The largest absolute Gasteiger partial charge is 0.545 e. The molecule has 2 aromatic carbocycles. The van der Waals surface area contributed by atoms with Crippen LogP contribution in [0, 0.1) is 6.92 Å². The van der Waals surface area contributed by atoms with Crippen LogP contribution in [-0.4, -0.2) is 21.6 Å². The second-order valence-electron chi connectivity index (χ2n) is 6.39. The number of benzene rings is 2. The average Bonchev–Trinajstić information content (AvgIpc) is 3.14. The summed E-state index contributed by atoms with van der Waals surface area (Å²) in [5, 5.41) is 15.2. The van der Waals surface area contributed by atoms with E-state index >= 15 is 0 Å². The van der Waals surface area contributed by atoms with Crippen molar-refractivity contribution in [2.24, 2.45) is 12.0 Å². The maximum Gasteiger partial charge on any atom is 0.264 e. The van der Waals surface area contributed by atoms with E-state index in [1.807, 2.05) is 44.3 Å². The molecule has 7 heteroatoms. The third-order valence-electron chi connectivity index (χ3n) is 4.69. The predicted molar refractivity (Wildman–Crippen MR) is 109 cm³/mol. The van der Waals surface area contributed by atoms with Crippen LogP contribution in [0.5, 0.6) is 0 Å². The van der Waals surface area contributed by atoms with Crippen molar-refractivity contribution in [3.8, 4) is 0 Å². The second-order valence-corrected chi connectivity index (χ2v) is 7.43. The van der Waals surface area contributed by atoms with Crippen LogP contribution >= 0.6 is 11.8 Å². The number of aliphatic imine (C=N–C) groups is 1. The maximum atomic E-state index is 12.4. The number of fused-ring (bicyclic) bond motifs is 1. The summed E-state index contributed by atoms with van der Waals surface area (Å²) < 4.78 is 2.10. The molecule has 1 N–H and O–H groups in total. The van der Waals surface area contributed by atoms with Crippen LogP contribution in [0.4, 0.5) is 5.69 Å². The molecule has 6 nitrogen and oxygen atoms in total. The zero-order valence-corrected chi connectivity index (χ0v) is 16.0. The molecule has 0 radical (unpaired) electrons. The third kappa shape index (κ3) is 3.20. The standard InChI is InChI=1S/C21H17N3O3S/c1-12-16(15-8-3-4-9-17(15)24(12)2)11-18-19(25)23-21(28-18)22-14-7-5-6-13(10-14)20(26)27/h3-11H,1-2H3,(H,26,27)(H,22,23,25)/p-1/b18-11-. The molecule has 1 amide bonds. The Hall–Kier alpha value is -3.32. The topological polar surface area (TPSA) is 86.5 Å². The number of hydrogen-bond donors (Lipinski definition) is 1. The molecule has 0 saturated carbocycles. The van der Waals surface area contributed by atoms with Gasteiger partial charge < -0.3 is 19.8 Å². The lowest BCUT2D eigenvalue weighted by atomic mass is 10.1. The highest BCUT2D eigenvalue weighted by molar-refractivity contribution is 8.18. The predicted octanol–water partition coefficient (Wildman–Crippen LogP) is 2.74. The van der Waals surface area contributed by atoms with Crippen molar-refractivity contribution in [1.29, 1.82) is 0 Å². The Balaban J connectivity index is 1.69. The van der Waals surface area contributed by atoms with Crippen molar-refractivity contribution < 1.29 is 14.7 Å². The third-order valence-corrected chi connectivity index (χ3v) is 5.60. The molecule has 3 aromatic rings. The van der Waals surface area contributed by atoms with Gasteiger partial charge in [0.25, 0.3) is 5.91 Å². The fraction of sp³-hybridized carbons (Fsp3) is 0.0952. The van der Waals surface area contributed by atoms with Crippen molar-refractivity contribution in [3.05, 3.63) is 70.3 Å². The number of hydrogen-bond acceptors (Lipinski definition) is 5. The molecular formula is C21H16N3O3S-. The molecule has 0 atom stereocenters. The van der Waals surface area contributed by atoms with Crippen LogP contribution in [0.3, 0.4) is 0 Å². The van der Waals surface area contributed by atoms with Gasteiger partial charge in [0, 0.05) is 29.2 Å². The molecule has 1 fully saturated rings. The number of thioether (sulfide) groups is 1. The lowest BCUT2D eigenvalue weighted by molar-refractivity contribution is -0.255. The quantitative estimate of drug-likeness (QED) is 0.697. The van der Waals surface area contributed by atoms with E-state index in [-0.39, 0.29) is 11.5 Å². The molecule has 0 bridgehead atoms. The van der Waals surface area contributed by atoms with E-state index in [0.717, 1.165) is 22.2 Å². The molecule has 4 rings (SSSR count). The Labute approximate surface area is 165 Å². The van der Waals surface area contributed by atoms with Crippen molar-refractivity contribution in [1.82, 2.24) is 9.88 Å². The van der Waals surface area contributed by atoms with Gasteiger partial charge in [-0.05, 0) is 48.5 Å². The normalized spacial score (nSPS) is 16.9. The number of aryl methyl sites for hydroxylation is 1. The molecule has 140 valence electrons. The highest BCUT2D eigenvalue weighted by Crippen LogP contribution is 2.32. The molecule has 0 aliphatic carbocycles. The summed E-state index contributed by atoms with van der Waals surface area (Å²) in [6.45, 7) is 2.02. The van der Waals surface area contributed by atoms with Crippen molar-refractivity contribution >= 4 is 51.5 Å². The lowest BCUT2D eigenvalue weighted by Crippen LogP contribution is -2.22. The molecule has 1 aliphatic rings. The number of aromatic carboxylic acids is 1. The number of rotatable bonds is 3. The second kappa shape index (κ2) is 7.01. The number of nitrogens with one attached hydrogen (secondary N) is 1. The van der Waals surface area contributed by atoms with Crippen molar-refractivity contribution in [3.63, 3.8) is 0 Å². The van der Waals surface area contributed by atoms with E-state index in [1.54, 1.807) is 12.1 Å². The van der Waals surface area contributed by atoms with Gasteiger partial charge in [-0.15, -0.1) is 0 Å². The molecule has 1 aromatic heterocycles. The zero-order valence-electron chi connectivity index (χ0n) is 15.2. The van der Waals surface area contributed by atoms with Gasteiger partial charge in [-0.25, -0.2) is 4.99 Å². The molecule has 1 saturated heterocycles. The summed E-state index contributed by atoms with van der Waals surface area (Å²) in [4.78, 5) is 28.3. The Morgan fingerprint density at radius 3 is 2.79 bits per heavy atom. The summed E-state index contributed by atoms with van der Waals surface area (Å²) in [7, 11) is 2.00. The van der Waals surface area contributed by atoms with E-state index in [4.69, 9.17) is 0 Å². The first-order valence-corrected chi connectivity index (χ1v) is 9.40. The number of carboxylic acid groups (broad SMARTS) is 1. The Kier molecular flexibility index (Phi) is 4.52. The molecule has 28 heavy (non-hydrogen) atoms. The van der Waals surface area contributed by atoms with Gasteiger partial charge in [0.2, 0.25) is 0 Å². The monoisotopic (exact) mass is 390 g/mol. The SMILES string of the molecule is Cc1c(/C=C2\SC(=Nc3cccc(C(=O)[O-])c3)NC2=O)c2ccccc2n1C. The highest BCUT2D eigenvalue weighted by atomic mass is 32.2. The van der Waals surface area contributed by atoms with Crippen LogP contribution in [0.2, 0.25) is 0 Å². The first-order valence-electron chi connectivity index (χ1n) is 8.59. The van der Waals surface area contributed by atoms with Gasteiger partial charge in [-0.3, -0.25) is 4.79 Å². The van der Waals surface area contributed by atoms with Gasteiger partial charge in [0.15, 0.2) is 5.17 Å². The highest BCUT2D eigenvalue weighted by Gasteiger charge is 2.25. The van der Waals surface area contributed by atoms with E-state index < -0.39 is 5.97 Å². The van der Waals surface area contributed by atoms with E-state index in [0.29, 0.717) is 15.8 Å². The van der Waals surface area contributed by atoms with Crippen LogP contribution in [0.1, 0.15) is 21.6 Å². The Morgan fingerprint density at radius 1 is 1.21 bits per heavy atom. The number of carboxylic acids is 1. The van der Waals surface area contributed by atoms with Gasteiger partial charge in [0.1, 0.15) is 0 Å². The molecule has 0 spiro atoms. The molecule has 0 unspecified atom stereocenters. The average molecular weight is 390 g/mol. The van der Waals surface area contributed by atoms with E-state index in [2.05, 4.69) is 14.9 Å². The maximum absolute atomic E-state index is 12.4. The molecule has 2 heterocycles. The number of amides is 1. The molecule has 1 aliphatic heterocycles. The number of carbonyl (C=O) groups excluding carboxylic acids is 2. The van der Waals surface area contributed by atoms with Gasteiger partial charge in [-0.1, -0.05) is 30.3 Å². The number of nitrogens with zero attached hydrogens (tertiary/aromatic N) is 2. The summed E-state index contributed by atoms with van der Waals surface area (Å²) in [6.07, 6.45) is 1.87. The van der Waals surface area contributed by atoms with Crippen LogP contribution in [0.15, 0.2) is 58.4 Å². The van der Waals surface area contributed by atoms with Gasteiger partial charge in [0.05, 0.1) is 16.6 Å².